The molecule has 0 unspecified atom stereocenters. The zero-order valence-electron chi connectivity index (χ0n) is 13.5. The van der Waals surface area contributed by atoms with E-state index >= 15 is 0 Å². The van der Waals surface area contributed by atoms with E-state index in [0.717, 1.165) is 23.4 Å². The summed E-state index contributed by atoms with van der Waals surface area (Å²) in [6.07, 6.45) is 3.38. The minimum atomic E-state index is -0.887. The molecule has 0 amide bonds. The fourth-order valence-corrected chi connectivity index (χ4v) is 2.17. The van der Waals surface area contributed by atoms with E-state index < -0.39 is 11.6 Å². The Labute approximate surface area is 143 Å². The fourth-order valence-electron chi connectivity index (χ4n) is 2.17. The lowest BCUT2D eigenvalue weighted by Crippen LogP contribution is -1.98. The highest BCUT2D eigenvalue weighted by molar-refractivity contribution is 5.79. The van der Waals surface area contributed by atoms with Crippen LogP contribution in [0.3, 0.4) is 0 Å². The maximum absolute atomic E-state index is 13.2. The van der Waals surface area contributed by atoms with Crippen molar-refractivity contribution in [2.45, 2.75) is 13.5 Å². The lowest BCUT2D eigenvalue weighted by atomic mass is 10.2. The standard InChI is InChI=1S/C18H16F2N4O/c1-12-10-24(18(21)23-12)22-9-13-2-5-15(6-3-13)25-11-14-4-7-16(19)17(20)8-14/h2-10H,11H2,1H3,(H2,21,23). The molecule has 2 N–H and O–H groups in total. The van der Waals surface area contributed by atoms with Crippen molar-refractivity contribution in [3.8, 4) is 5.75 Å². The van der Waals surface area contributed by atoms with Gasteiger partial charge < -0.3 is 10.5 Å². The van der Waals surface area contributed by atoms with Gasteiger partial charge in [-0.2, -0.15) is 5.10 Å². The maximum atomic E-state index is 13.2. The molecule has 0 fully saturated rings. The Bertz CT molecular complexity index is 904. The molecule has 5 nitrogen and oxygen atoms in total. The molecule has 0 spiro atoms. The average Bonchev–Trinajstić information content (AvgIpc) is 2.92. The molecule has 0 bridgehead atoms. The molecule has 0 saturated carbocycles. The normalized spacial score (nSPS) is 11.2. The molecule has 0 aliphatic carbocycles. The second-order valence-corrected chi connectivity index (χ2v) is 5.44. The van der Waals surface area contributed by atoms with Crippen molar-refractivity contribution in [3.63, 3.8) is 0 Å². The minimum Gasteiger partial charge on any atom is -0.489 e. The van der Waals surface area contributed by atoms with Crippen LogP contribution in [0, 0.1) is 18.6 Å². The number of rotatable bonds is 5. The molecule has 2 aromatic carbocycles. The number of halogens is 2. The summed E-state index contributed by atoms with van der Waals surface area (Å²) in [6, 6.07) is 10.9. The summed E-state index contributed by atoms with van der Waals surface area (Å²) in [5, 5.41) is 4.22. The van der Waals surface area contributed by atoms with Crippen molar-refractivity contribution in [2.75, 3.05) is 5.73 Å². The maximum Gasteiger partial charge on any atom is 0.221 e. The second-order valence-electron chi connectivity index (χ2n) is 5.44. The van der Waals surface area contributed by atoms with Gasteiger partial charge in [0.1, 0.15) is 12.4 Å². The molecule has 0 radical (unpaired) electrons. The van der Waals surface area contributed by atoms with Crippen LogP contribution in [0.25, 0.3) is 0 Å². The number of nitrogen functional groups attached to an aromatic ring is 1. The lowest BCUT2D eigenvalue weighted by molar-refractivity contribution is 0.305. The van der Waals surface area contributed by atoms with Crippen LogP contribution < -0.4 is 10.5 Å². The van der Waals surface area contributed by atoms with E-state index in [9.17, 15) is 8.78 Å². The Hall–Kier alpha value is -3.22. The van der Waals surface area contributed by atoms with Crippen LogP contribution in [0.2, 0.25) is 0 Å². The number of nitrogens with two attached hydrogens (primary N) is 1. The van der Waals surface area contributed by atoms with Crippen molar-refractivity contribution >= 4 is 12.2 Å². The molecule has 7 heteroatoms. The summed E-state index contributed by atoms with van der Waals surface area (Å²) in [5.41, 5.74) is 7.90. The molecular weight excluding hydrogens is 326 g/mol. The van der Waals surface area contributed by atoms with E-state index in [-0.39, 0.29) is 6.61 Å². The average molecular weight is 342 g/mol. The number of anilines is 1. The van der Waals surface area contributed by atoms with E-state index in [0.29, 0.717) is 17.3 Å². The number of nitrogens with zero attached hydrogens (tertiary/aromatic N) is 3. The highest BCUT2D eigenvalue weighted by Gasteiger charge is 2.03. The largest absolute Gasteiger partial charge is 0.489 e. The molecule has 1 heterocycles. The first-order valence-electron chi connectivity index (χ1n) is 7.54. The number of hydrogen-bond donors (Lipinski definition) is 1. The van der Waals surface area contributed by atoms with Gasteiger partial charge in [-0.25, -0.2) is 18.4 Å². The zero-order valence-corrected chi connectivity index (χ0v) is 13.5. The monoisotopic (exact) mass is 342 g/mol. The molecular formula is C18H16F2N4O. The molecule has 0 aliphatic heterocycles. The summed E-state index contributed by atoms with van der Waals surface area (Å²) in [6.45, 7) is 1.98. The Morgan fingerprint density at radius 1 is 1.16 bits per heavy atom. The van der Waals surface area contributed by atoms with Gasteiger partial charge in [0.25, 0.3) is 0 Å². The Morgan fingerprint density at radius 3 is 2.56 bits per heavy atom. The summed E-state index contributed by atoms with van der Waals surface area (Å²) in [5.74, 6) is -0.831. The van der Waals surface area contributed by atoms with Crippen molar-refractivity contribution in [1.29, 1.82) is 0 Å². The zero-order chi connectivity index (χ0) is 17.8. The van der Waals surface area contributed by atoms with Gasteiger partial charge >= 0.3 is 0 Å². The van der Waals surface area contributed by atoms with Crippen LogP contribution in [0.5, 0.6) is 5.75 Å². The Morgan fingerprint density at radius 2 is 1.92 bits per heavy atom. The quantitative estimate of drug-likeness (QED) is 0.722. The number of aryl methyl sites for hydroxylation is 1. The van der Waals surface area contributed by atoms with Gasteiger partial charge in [0.05, 0.1) is 18.1 Å². The van der Waals surface area contributed by atoms with E-state index in [2.05, 4.69) is 10.1 Å². The highest BCUT2D eigenvalue weighted by atomic mass is 19.2. The van der Waals surface area contributed by atoms with Crippen LogP contribution in [-0.2, 0) is 6.61 Å². The summed E-state index contributed by atoms with van der Waals surface area (Å²) >= 11 is 0. The van der Waals surface area contributed by atoms with Crippen LogP contribution in [0.1, 0.15) is 16.8 Å². The van der Waals surface area contributed by atoms with Crippen molar-refractivity contribution < 1.29 is 13.5 Å². The number of ether oxygens (including phenoxy) is 1. The molecule has 0 aliphatic rings. The molecule has 1 aromatic heterocycles. The molecule has 0 saturated heterocycles. The Kier molecular flexibility index (Phi) is 4.74. The molecule has 3 rings (SSSR count). The van der Waals surface area contributed by atoms with Crippen molar-refractivity contribution in [1.82, 2.24) is 9.66 Å². The first kappa shape index (κ1) is 16.6. The van der Waals surface area contributed by atoms with Crippen LogP contribution in [0.4, 0.5) is 14.7 Å². The van der Waals surface area contributed by atoms with Crippen molar-refractivity contribution in [2.24, 2.45) is 5.10 Å². The van der Waals surface area contributed by atoms with Gasteiger partial charge in [-0.15, -0.1) is 0 Å². The first-order chi connectivity index (χ1) is 12.0. The van der Waals surface area contributed by atoms with E-state index in [1.807, 2.05) is 19.1 Å². The van der Waals surface area contributed by atoms with Crippen LogP contribution >= 0.6 is 0 Å². The topological polar surface area (TPSA) is 65.4 Å². The Balaban J connectivity index is 1.62. The molecule has 3 aromatic rings. The number of imidazole rings is 1. The van der Waals surface area contributed by atoms with Gasteiger partial charge in [-0.05, 0) is 54.4 Å². The van der Waals surface area contributed by atoms with Gasteiger partial charge in [0, 0.05) is 0 Å². The van der Waals surface area contributed by atoms with E-state index in [1.165, 1.54) is 10.7 Å². The van der Waals surface area contributed by atoms with Gasteiger partial charge in [-0.3, -0.25) is 0 Å². The molecule has 0 atom stereocenters. The van der Waals surface area contributed by atoms with Crippen molar-refractivity contribution in [3.05, 3.63) is 77.1 Å². The number of aromatic nitrogens is 2. The van der Waals surface area contributed by atoms with Gasteiger partial charge in [0.2, 0.25) is 5.95 Å². The SMILES string of the molecule is Cc1cn(N=Cc2ccc(OCc3ccc(F)c(F)c3)cc2)c(N)n1. The van der Waals surface area contributed by atoms with Crippen LogP contribution in [0.15, 0.2) is 53.8 Å². The summed E-state index contributed by atoms with van der Waals surface area (Å²) in [7, 11) is 0. The predicted octanol–water partition coefficient (Wildman–Crippen LogP) is 3.51. The number of benzene rings is 2. The van der Waals surface area contributed by atoms with Gasteiger partial charge in [-0.1, -0.05) is 6.07 Å². The molecule has 128 valence electrons. The smallest absolute Gasteiger partial charge is 0.221 e. The molecule has 25 heavy (non-hydrogen) atoms. The third-order valence-electron chi connectivity index (χ3n) is 3.44. The second kappa shape index (κ2) is 7.12. The summed E-state index contributed by atoms with van der Waals surface area (Å²) in [4.78, 5) is 4.06. The van der Waals surface area contributed by atoms with E-state index in [4.69, 9.17) is 10.5 Å². The van der Waals surface area contributed by atoms with E-state index in [1.54, 1.807) is 24.5 Å². The number of hydrogen-bond acceptors (Lipinski definition) is 4. The third-order valence-corrected chi connectivity index (χ3v) is 3.44. The minimum absolute atomic E-state index is 0.148. The third kappa shape index (κ3) is 4.20. The van der Waals surface area contributed by atoms with Crippen LogP contribution in [-0.4, -0.2) is 15.9 Å². The lowest BCUT2D eigenvalue weighted by Gasteiger charge is -2.07. The predicted molar refractivity (Wildman–Crippen MR) is 91.5 cm³/mol. The highest BCUT2D eigenvalue weighted by Crippen LogP contribution is 2.15. The summed E-state index contributed by atoms with van der Waals surface area (Å²) < 4.78 is 33.1. The first-order valence-corrected chi connectivity index (χ1v) is 7.54. The van der Waals surface area contributed by atoms with Gasteiger partial charge in [0.15, 0.2) is 11.6 Å². The fraction of sp³-hybridized carbons (Fsp3) is 0.111.